The first kappa shape index (κ1) is 32.4. The zero-order chi connectivity index (χ0) is 36.6. The lowest BCUT2D eigenvalue weighted by atomic mass is 9.64. The van der Waals surface area contributed by atoms with Crippen molar-refractivity contribution in [3.05, 3.63) is 235 Å². The molecule has 3 nitrogen and oxygen atoms in total. The van der Waals surface area contributed by atoms with E-state index in [0.717, 1.165) is 44.8 Å². The lowest BCUT2D eigenvalue weighted by Gasteiger charge is -2.37. The van der Waals surface area contributed by atoms with E-state index in [1.54, 1.807) is 0 Å². The highest BCUT2D eigenvalue weighted by Crippen LogP contribution is 2.59. The van der Waals surface area contributed by atoms with Crippen molar-refractivity contribution >= 4 is 0 Å². The fraction of sp³-hybridized carbons (Fsp3) is 0.0192. The summed E-state index contributed by atoms with van der Waals surface area (Å²) in [6.07, 6.45) is 3.71. The molecule has 10 rings (SSSR count). The molecule has 2 aromatic heterocycles. The van der Waals surface area contributed by atoms with Crippen molar-refractivity contribution in [2.24, 2.45) is 0 Å². The first-order valence-corrected chi connectivity index (χ1v) is 18.7. The largest absolute Gasteiger partial charge is 0.265 e. The minimum atomic E-state index is -0.683. The van der Waals surface area contributed by atoms with E-state index in [2.05, 4.69) is 181 Å². The zero-order valence-electron chi connectivity index (χ0n) is 30.0. The molecule has 0 fully saturated rings. The quantitative estimate of drug-likeness (QED) is 0.166. The third kappa shape index (κ3) is 5.48. The molecule has 0 unspecified atom stereocenters. The molecule has 1 aliphatic rings. The van der Waals surface area contributed by atoms with Gasteiger partial charge in [0.05, 0.1) is 16.8 Å². The van der Waals surface area contributed by atoms with Crippen molar-refractivity contribution in [2.75, 3.05) is 0 Å². The number of aromatic nitrogens is 3. The molecule has 0 aliphatic heterocycles. The van der Waals surface area contributed by atoms with Crippen molar-refractivity contribution in [1.82, 2.24) is 15.0 Å². The Balaban J connectivity index is 1.29. The molecule has 258 valence electrons. The molecular formula is C52H35N3. The lowest BCUT2D eigenvalue weighted by molar-refractivity contribution is 0.772. The van der Waals surface area contributed by atoms with Crippen molar-refractivity contribution in [1.29, 1.82) is 0 Å². The maximum atomic E-state index is 5.38. The zero-order valence-corrected chi connectivity index (χ0v) is 30.0. The van der Waals surface area contributed by atoms with Crippen LogP contribution in [0.3, 0.4) is 0 Å². The molecular weight excluding hydrogens is 667 g/mol. The van der Waals surface area contributed by atoms with Gasteiger partial charge in [-0.1, -0.05) is 176 Å². The monoisotopic (exact) mass is 701 g/mol. The molecule has 9 aromatic rings. The number of pyridine rings is 1. The highest BCUT2D eigenvalue weighted by Gasteiger charge is 2.48. The van der Waals surface area contributed by atoms with Gasteiger partial charge >= 0.3 is 0 Å². The molecule has 7 aromatic carbocycles. The second-order valence-electron chi connectivity index (χ2n) is 13.9. The maximum Gasteiger partial charge on any atom is 0.160 e. The topological polar surface area (TPSA) is 38.7 Å². The highest BCUT2D eigenvalue weighted by molar-refractivity contribution is 5.91. The molecule has 0 atom stereocenters. The van der Waals surface area contributed by atoms with E-state index < -0.39 is 5.41 Å². The van der Waals surface area contributed by atoms with Gasteiger partial charge in [-0.05, 0) is 79.9 Å². The molecule has 2 heterocycles. The molecule has 55 heavy (non-hydrogen) atoms. The third-order valence-electron chi connectivity index (χ3n) is 10.9. The van der Waals surface area contributed by atoms with Gasteiger partial charge in [0, 0.05) is 29.1 Å². The van der Waals surface area contributed by atoms with E-state index in [1.165, 1.54) is 38.9 Å². The second-order valence-corrected chi connectivity index (χ2v) is 13.9. The molecule has 3 heteroatoms. The minimum Gasteiger partial charge on any atom is -0.265 e. The van der Waals surface area contributed by atoms with Gasteiger partial charge in [0.2, 0.25) is 0 Å². The predicted molar refractivity (Wildman–Crippen MR) is 224 cm³/mol. The molecule has 0 N–H and O–H groups in total. The Morgan fingerprint density at radius 3 is 1.38 bits per heavy atom. The Labute approximate surface area is 321 Å². The summed E-state index contributed by atoms with van der Waals surface area (Å²) in [7, 11) is 0. The Morgan fingerprint density at radius 1 is 0.291 bits per heavy atom. The van der Waals surface area contributed by atoms with E-state index >= 15 is 0 Å². The van der Waals surface area contributed by atoms with Gasteiger partial charge in [0.1, 0.15) is 0 Å². The van der Waals surface area contributed by atoms with Gasteiger partial charge in [-0.25, -0.2) is 9.97 Å². The van der Waals surface area contributed by atoms with Crippen LogP contribution in [0.2, 0.25) is 0 Å². The van der Waals surface area contributed by atoms with E-state index in [0.29, 0.717) is 5.82 Å². The van der Waals surface area contributed by atoms with E-state index in [9.17, 15) is 0 Å². The fourth-order valence-electron chi connectivity index (χ4n) is 8.52. The van der Waals surface area contributed by atoms with Crippen molar-refractivity contribution < 1.29 is 0 Å². The summed E-state index contributed by atoms with van der Waals surface area (Å²) >= 11 is 0. The Morgan fingerprint density at radius 2 is 0.745 bits per heavy atom. The van der Waals surface area contributed by atoms with Crippen molar-refractivity contribution in [2.45, 2.75) is 5.41 Å². The van der Waals surface area contributed by atoms with Gasteiger partial charge in [0.25, 0.3) is 0 Å². The SMILES string of the molecule is c1ccc(-c2cc(-c3ccccc3C3(c4ccccc4-c4cccc(-c5ccncc5)c4)c4ccccc4-c4ccccc43)nc(-c3ccccc3)n2)cc1. The Kier molecular flexibility index (Phi) is 8.04. The summed E-state index contributed by atoms with van der Waals surface area (Å²) in [5.74, 6) is 0.696. The van der Waals surface area contributed by atoms with E-state index in [4.69, 9.17) is 9.97 Å². The molecule has 1 aliphatic carbocycles. The summed E-state index contributed by atoms with van der Waals surface area (Å²) in [6.45, 7) is 0. The summed E-state index contributed by atoms with van der Waals surface area (Å²) in [5, 5.41) is 0. The highest BCUT2D eigenvalue weighted by atomic mass is 14.9. The van der Waals surface area contributed by atoms with Crippen molar-refractivity contribution in [3.63, 3.8) is 0 Å². The summed E-state index contributed by atoms with van der Waals surface area (Å²) in [6, 6.07) is 71.6. The smallest absolute Gasteiger partial charge is 0.160 e. The lowest BCUT2D eigenvalue weighted by Crippen LogP contribution is -2.30. The molecule has 0 saturated carbocycles. The second kappa shape index (κ2) is 13.6. The molecule has 0 saturated heterocycles. The average molecular weight is 702 g/mol. The number of nitrogens with zero attached hydrogens (tertiary/aromatic N) is 3. The van der Waals surface area contributed by atoms with Crippen LogP contribution in [-0.4, -0.2) is 15.0 Å². The minimum absolute atomic E-state index is 0.683. The molecule has 0 amide bonds. The van der Waals surface area contributed by atoms with Crippen molar-refractivity contribution in [3.8, 4) is 67.3 Å². The van der Waals surface area contributed by atoms with Crippen LogP contribution in [0.4, 0.5) is 0 Å². The van der Waals surface area contributed by atoms with Gasteiger partial charge in [0.15, 0.2) is 5.82 Å². The van der Waals surface area contributed by atoms with Crippen LogP contribution in [0.5, 0.6) is 0 Å². The maximum absolute atomic E-state index is 5.38. The normalized spacial score (nSPS) is 12.5. The Hall–Kier alpha value is -7.23. The van der Waals surface area contributed by atoms with Crippen LogP contribution < -0.4 is 0 Å². The van der Waals surface area contributed by atoms with Crippen LogP contribution in [-0.2, 0) is 5.41 Å². The first-order chi connectivity index (χ1) is 27.3. The van der Waals surface area contributed by atoms with Gasteiger partial charge < -0.3 is 0 Å². The van der Waals surface area contributed by atoms with Gasteiger partial charge in [-0.2, -0.15) is 0 Å². The van der Waals surface area contributed by atoms with Crippen LogP contribution in [0.25, 0.3) is 67.3 Å². The van der Waals surface area contributed by atoms with Crippen LogP contribution in [0.15, 0.2) is 213 Å². The number of hydrogen-bond donors (Lipinski definition) is 0. The van der Waals surface area contributed by atoms with Crippen LogP contribution >= 0.6 is 0 Å². The van der Waals surface area contributed by atoms with Crippen LogP contribution in [0, 0.1) is 0 Å². The number of fused-ring (bicyclic) bond motifs is 3. The average Bonchev–Trinajstić information content (AvgIpc) is 3.58. The third-order valence-corrected chi connectivity index (χ3v) is 10.9. The Bertz CT molecular complexity index is 2710. The van der Waals surface area contributed by atoms with Crippen LogP contribution in [0.1, 0.15) is 22.3 Å². The molecule has 0 bridgehead atoms. The summed E-state index contributed by atoms with van der Waals surface area (Å²) in [4.78, 5) is 14.8. The fourth-order valence-corrected chi connectivity index (χ4v) is 8.52. The van der Waals surface area contributed by atoms with Gasteiger partial charge in [-0.15, -0.1) is 0 Å². The molecule has 0 radical (unpaired) electrons. The number of hydrogen-bond acceptors (Lipinski definition) is 3. The first-order valence-electron chi connectivity index (χ1n) is 18.7. The van der Waals surface area contributed by atoms with E-state index in [-0.39, 0.29) is 0 Å². The predicted octanol–water partition coefficient (Wildman–Crippen LogP) is 12.6. The van der Waals surface area contributed by atoms with E-state index in [1.807, 2.05) is 36.7 Å². The summed E-state index contributed by atoms with van der Waals surface area (Å²) in [5.41, 5.74) is 16.2. The standard InChI is InChI=1S/C52H35N3/c1-3-16-37(17-4-1)49-35-50(55-51(54-49)38-18-5-2-6-19-38)44-25-10-14-29-48(44)52(46-27-12-8-23-42(46)43-24-9-13-28-47(43)52)45-26-11-7-22-41(45)40-21-15-20-39(34-40)36-30-32-53-33-31-36/h1-35H. The summed E-state index contributed by atoms with van der Waals surface area (Å²) < 4.78 is 0. The van der Waals surface area contributed by atoms with Gasteiger partial charge in [-0.3, -0.25) is 4.98 Å². The molecule has 0 spiro atoms. The number of rotatable bonds is 7. The number of benzene rings is 7.